The maximum atomic E-state index is 2.37. The third-order valence-corrected chi connectivity index (χ3v) is 5.52. The molecule has 0 amide bonds. The second-order valence-electron chi connectivity index (χ2n) is 7.57. The number of hydrogen-bond acceptors (Lipinski definition) is 2. The highest BCUT2D eigenvalue weighted by atomic mass is 15.1. The van der Waals surface area contributed by atoms with Crippen molar-refractivity contribution >= 4 is 5.69 Å². The lowest BCUT2D eigenvalue weighted by molar-refractivity contribution is 0.270. The third-order valence-electron chi connectivity index (χ3n) is 5.52. The van der Waals surface area contributed by atoms with Crippen LogP contribution in [-0.2, 0) is 5.41 Å². The van der Waals surface area contributed by atoms with Gasteiger partial charge in [0, 0.05) is 38.7 Å². The van der Waals surface area contributed by atoms with E-state index >= 15 is 0 Å². The molecule has 0 saturated carbocycles. The Labute approximate surface area is 187 Å². The Morgan fingerprint density at radius 3 is 1.90 bits per heavy atom. The molecule has 1 aliphatic rings. The molecule has 3 rings (SSSR count). The molecule has 2 heteroatoms. The Bertz CT molecular complexity index is 732. The fraction of sp³-hybridized carbons (Fsp3) is 0.500. The standard InChI is InChI=1S/C22H28N2.3C2H6/c1-17-16-23(4)13-14-24(5)21-15-19(18-9-7-6-8-10-18)11-12-20(21)22(17,2)3;3*1-2/h6-15,17H,16H2,1-5H3;3*1-2H3/b14-13-;;;/t17-;;;/m0.../s1. The smallest absolute Gasteiger partial charge is 0.0448 e. The highest BCUT2D eigenvalue weighted by Crippen LogP contribution is 2.40. The van der Waals surface area contributed by atoms with Crippen molar-refractivity contribution in [2.24, 2.45) is 5.92 Å². The molecule has 1 aliphatic heterocycles. The van der Waals surface area contributed by atoms with Crippen LogP contribution in [0.2, 0.25) is 0 Å². The van der Waals surface area contributed by atoms with Gasteiger partial charge in [-0.15, -0.1) is 0 Å². The number of benzene rings is 2. The van der Waals surface area contributed by atoms with E-state index < -0.39 is 0 Å². The summed E-state index contributed by atoms with van der Waals surface area (Å²) in [5.41, 5.74) is 5.35. The summed E-state index contributed by atoms with van der Waals surface area (Å²) in [5, 5.41) is 0. The lowest BCUT2D eigenvalue weighted by Crippen LogP contribution is -2.34. The summed E-state index contributed by atoms with van der Waals surface area (Å²) in [6.07, 6.45) is 4.35. The summed E-state index contributed by atoms with van der Waals surface area (Å²) in [6.45, 7) is 20.1. The van der Waals surface area contributed by atoms with Crippen LogP contribution in [0.5, 0.6) is 0 Å². The molecule has 0 fully saturated rings. The maximum absolute atomic E-state index is 2.37. The summed E-state index contributed by atoms with van der Waals surface area (Å²) < 4.78 is 0. The van der Waals surface area contributed by atoms with Crippen molar-refractivity contribution in [3.05, 3.63) is 66.5 Å². The second-order valence-corrected chi connectivity index (χ2v) is 7.57. The van der Waals surface area contributed by atoms with Crippen molar-refractivity contribution in [2.75, 3.05) is 25.5 Å². The molecule has 2 aromatic carbocycles. The van der Waals surface area contributed by atoms with Crippen molar-refractivity contribution in [2.45, 2.75) is 67.7 Å². The largest absolute Gasteiger partial charge is 0.379 e. The van der Waals surface area contributed by atoms with E-state index in [0.717, 1.165) is 6.54 Å². The Morgan fingerprint density at radius 2 is 1.33 bits per heavy atom. The van der Waals surface area contributed by atoms with Gasteiger partial charge >= 0.3 is 0 Å². The van der Waals surface area contributed by atoms with Crippen LogP contribution in [0.15, 0.2) is 60.9 Å². The molecule has 168 valence electrons. The number of nitrogens with zero attached hydrogens (tertiary/aromatic N) is 2. The quantitative estimate of drug-likeness (QED) is 0.467. The number of fused-ring (bicyclic) bond motifs is 1. The van der Waals surface area contributed by atoms with Gasteiger partial charge in [-0.05, 0) is 34.1 Å². The summed E-state index contributed by atoms with van der Waals surface area (Å²) in [4.78, 5) is 4.53. The van der Waals surface area contributed by atoms with E-state index in [1.54, 1.807) is 0 Å². The monoisotopic (exact) mass is 410 g/mol. The van der Waals surface area contributed by atoms with E-state index in [9.17, 15) is 0 Å². The van der Waals surface area contributed by atoms with E-state index in [0.29, 0.717) is 5.92 Å². The average molecular weight is 411 g/mol. The van der Waals surface area contributed by atoms with Crippen LogP contribution < -0.4 is 4.90 Å². The summed E-state index contributed by atoms with van der Waals surface area (Å²) in [6, 6.07) is 17.5. The van der Waals surface area contributed by atoms with Gasteiger partial charge in [0.1, 0.15) is 0 Å². The molecule has 0 aliphatic carbocycles. The van der Waals surface area contributed by atoms with Gasteiger partial charge in [0.25, 0.3) is 0 Å². The SMILES string of the molecule is CC.CC.CC.C[C@H]1CN(C)/C=C\N(C)c2cc(-c3ccccc3)ccc2C1(C)C. The Hall–Kier alpha value is -2.22. The number of hydrogen-bond donors (Lipinski definition) is 0. The fourth-order valence-corrected chi connectivity index (χ4v) is 3.46. The number of anilines is 1. The highest BCUT2D eigenvalue weighted by Gasteiger charge is 2.32. The molecule has 0 unspecified atom stereocenters. The summed E-state index contributed by atoms with van der Waals surface area (Å²) in [5.74, 6) is 0.556. The van der Waals surface area contributed by atoms with E-state index in [4.69, 9.17) is 0 Å². The molecule has 0 aromatic heterocycles. The molecule has 1 atom stereocenters. The van der Waals surface area contributed by atoms with Crippen molar-refractivity contribution in [3.63, 3.8) is 0 Å². The molecule has 0 N–H and O–H groups in total. The van der Waals surface area contributed by atoms with Crippen molar-refractivity contribution in [1.82, 2.24) is 4.90 Å². The lowest BCUT2D eigenvalue weighted by Gasteiger charge is -2.36. The van der Waals surface area contributed by atoms with Crippen molar-refractivity contribution in [3.8, 4) is 11.1 Å². The first-order valence-electron chi connectivity index (χ1n) is 11.7. The van der Waals surface area contributed by atoms with Gasteiger partial charge in [0.05, 0.1) is 0 Å². The van der Waals surface area contributed by atoms with Crippen LogP contribution >= 0.6 is 0 Å². The minimum atomic E-state index is 0.110. The normalized spacial score (nSPS) is 17.8. The van der Waals surface area contributed by atoms with Gasteiger partial charge in [-0.1, -0.05) is 105 Å². The topological polar surface area (TPSA) is 6.48 Å². The van der Waals surface area contributed by atoms with Crippen LogP contribution in [0.3, 0.4) is 0 Å². The molecule has 0 radical (unpaired) electrons. The Morgan fingerprint density at radius 1 is 0.767 bits per heavy atom. The predicted octanol–water partition coefficient (Wildman–Crippen LogP) is 8.20. The van der Waals surface area contributed by atoms with E-state index in [2.05, 4.69) is 106 Å². The minimum Gasteiger partial charge on any atom is -0.379 e. The fourth-order valence-electron chi connectivity index (χ4n) is 3.46. The van der Waals surface area contributed by atoms with Gasteiger partial charge in [-0.3, -0.25) is 0 Å². The second kappa shape index (κ2) is 13.9. The van der Waals surface area contributed by atoms with Gasteiger partial charge in [0.15, 0.2) is 0 Å². The lowest BCUT2D eigenvalue weighted by atomic mass is 9.73. The van der Waals surface area contributed by atoms with Gasteiger partial charge < -0.3 is 9.80 Å². The van der Waals surface area contributed by atoms with E-state index in [1.807, 2.05) is 41.5 Å². The summed E-state index contributed by atoms with van der Waals surface area (Å²) in [7, 11) is 4.30. The third kappa shape index (κ3) is 6.93. The zero-order chi connectivity index (χ0) is 23.3. The predicted molar refractivity (Wildman–Crippen MR) is 138 cm³/mol. The summed E-state index contributed by atoms with van der Waals surface area (Å²) >= 11 is 0. The highest BCUT2D eigenvalue weighted by molar-refractivity contribution is 5.72. The minimum absolute atomic E-state index is 0.110. The molecule has 2 nitrogen and oxygen atoms in total. The van der Waals surface area contributed by atoms with Gasteiger partial charge in [-0.25, -0.2) is 0 Å². The van der Waals surface area contributed by atoms with Crippen LogP contribution in [0, 0.1) is 5.92 Å². The van der Waals surface area contributed by atoms with E-state index in [1.165, 1.54) is 22.4 Å². The molecule has 30 heavy (non-hydrogen) atoms. The zero-order valence-electron chi connectivity index (χ0n) is 21.5. The maximum Gasteiger partial charge on any atom is 0.0448 e. The zero-order valence-corrected chi connectivity index (χ0v) is 21.5. The van der Waals surface area contributed by atoms with Crippen LogP contribution in [-0.4, -0.2) is 25.5 Å². The van der Waals surface area contributed by atoms with Crippen LogP contribution in [0.4, 0.5) is 5.69 Å². The van der Waals surface area contributed by atoms with Crippen LogP contribution in [0.1, 0.15) is 67.9 Å². The first-order chi connectivity index (χ1) is 14.4. The Kier molecular flexibility index (Phi) is 12.9. The van der Waals surface area contributed by atoms with E-state index in [-0.39, 0.29) is 5.41 Å². The van der Waals surface area contributed by atoms with Crippen molar-refractivity contribution < 1.29 is 0 Å². The van der Waals surface area contributed by atoms with Gasteiger partial charge in [0.2, 0.25) is 0 Å². The molecule has 0 saturated heterocycles. The number of rotatable bonds is 1. The molecular formula is C28H46N2. The first kappa shape index (κ1) is 27.8. The molecule has 1 heterocycles. The van der Waals surface area contributed by atoms with Crippen molar-refractivity contribution in [1.29, 1.82) is 0 Å². The molecular weight excluding hydrogens is 364 g/mol. The molecule has 0 bridgehead atoms. The molecule has 0 spiro atoms. The van der Waals surface area contributed by atoms with Crippen LogP contribution in [0.25, 0.3) is 11.1 Å². The average Bonchev–Trinajstić information content (AvgIpc) is 2.83. The van der Waals surface area contributed by atoms with Gasteiger partial charge in [-0.2, -0.15) is 0 Å². The molecule has 2 aromatic rings. The first-order valence-corrected chi connectivity index (χ1v) is 11.7. The Balaban J connectivity index is 0.00000129.